The Balaban J connectivity index is 1.51. The van der Waals surface area contributed by atoms with Crippen molar-refractivity contribution < 1.29 is 0 Å². The highest BCUT2D eigenvalue weighted by molar-refractivity contribution is 4.99. The predicted octanol–water partition coefficient (Wildman–Crippen LogP) is 2.67. The van der Waals surface area contributed by atoms with Crippen molar-refractivity contribution in [2.24, 2.45) is 23.5 Å². The molecule has 17 heavy (non-hydrogen) atoms. The summed E-state index contributed by atoms with van der Waals surface area (Å²) < 4.78 is 0. The first-order valence-corrected chi connectivity index (χ1v) is 7.69. The first kappa shape index (κ1) is 12.0. The lowest BCUT2D eigenvalue weighted by atomic mass is 9.77. The predicted molar refractivity (Wildman–Crippen MR) is 71.8 cm³/mol. The highest BCUT2D eigenvalue weighted by Crippen LogP contribution is 2.44. The zero-order chi connectivity index (χ0) is 11.9. The standard InChI is InChI=1S/C15H28N2/c1-11-3-2-8-15(16,9-11)10-17-14(12-4-5-12)13-6-7-13/h11-14,17H,2-10,16H2,1H3. The van der Waals surface area contributed by atoms with Crippen molar-refractivity contribution in [1.82, 2.24) is 5.32 Å². The summed E-state index contributed by atoms with van der Waals surface area (Å²) in [4.78, 5) is 0. The summed E-state index contributed by atoms with van der Waals surface area (Å²) >= 11 is 0. The van der Waals surface area contributed by atoms with Crippen molar-refractivity contribution in [3.05, 3.63) is 0 Å². The van der Waals surface area contributed by atoms with E-state index in [2.05, 4.69) is 12.2 Å². The summed E-state index contributed by atoms with van der Waals surface area (Å²) in [6.45, 7) is 3.43. The molecular formula is C15H28N2. The van der Waals surface area contributed by atoms with E-state index in [4.69, 9.17) is 5.73 Å². The highest BCUT2D eigenvalue weighted by Gasteiger charge is 2.42. The van der Waals surface area contributed by atoms with Crippen molar-refractivity contribution >= 4 is 0 Å². The average Bonchev–Trinajstić information content (AvgIpc) is 3.12. The van der Waals surface area contributed by atoms with E-state index in [9.17, 15) is 0 Å². The van der Waals surface area contributed by atoms with Crippen LogP contribution >= 0.6 is 0 Å². The molecule has 0 aliphatic heterocycles. The number of nitrogens with two attached hydrogens (primary N) is 1. The molecule has 0 aromatic rings. The molecule has 2 atom stereocenters. The third-order valence-electron chi connectivity index (χ3n) is 5.08. The molecule has 3 aliphatic rings. The van der Waals surface area contributed by atoms with E-state index in [0.717, 1.165) is 30.3 Å². The molecule has 0 heterocycles. The van der Waals surface area contributed by atoms with Crippen LogP contribution in [0.3, 0.4) is 0 Å². The maximum absolute atomic E-state index is 6.58. The SMILES string of the molecule is CC1CCCC(N)(CNC(C2CC2)C2CC2)C1. The number of hydrogen-bond acceptors (Lipinski definition) is 2. The molecule has 2 unspecified atom stereocenters. The van der Waals surface area contributed by atoms with Gasteiger partial charge in [0.2, 0.25) is 0 Å². The van der Waals surface area contributed by atoms with Gasteiger partial charge >= 0.3 is 0 Å². The Morgan fingerprint density at radius 1 is 1.18 bits per heavy atom. The Morgan fingerprint density at radius 3 is 2.35 bits per heavy atom. The van der Waals surface area contributed by atoms with Gasteiger partial charge in [0.25, 0.3) is 0 Å². The van der Waals surface area contributed by atoms with Crippen LogP contribution in [0.5, 0.6) is 0 Å². The third-order valence-corrected chi connectivity index (χ3v) is 5.08. The lowest BCUT2D eigenvalue weighted by Crippen LogP contribution is -2.54. The van der Waals surface area contributed by atoms with Gasteiger partial charge in [-0.15, -0.1) is 0 Å². The maximum Gasteiger partial charge on any atom is 0.0283 e. The van der Waals surface area contributed by atoms with Crippen molar-refractivity contribution in [2.45, 2.75) is 69.9 Å². The summed E-state index contributed by atoms with van der Waals surface area (Å²) in [6, 6.07) is 0.813. The van der Waals surface area contributed by atoms with Gasteiger partial charge in [0.05, 0.1) is 0 Å². The Morgan fingerprint density at radius 2 is 1.82 bits per heavy atom. The van der Waals surface area contributed by atoms with Crippen LogP contribution in [0, 0.1) is 17.8 Å². The molecular weight excluding hydrogens is 208 g/mol. The molecule has 0 saturated heterocycles. The molecule has 3 aliphatic carbocycles. The molecule has 0 aromatic carbocycles. The highest BCUT2D eigenvalue weighted by atomic mass is 15.0. The van der Waals surface area contributed by atoms with E-state index in [-0.39, 0.29) is 5.54 Å². The molecule has 3 rings (SSSR count). The van der Waals surface area contributed by atoms with E-state index in [1.807, 2.05) is 0 Å². The fourth-order valence-electron chi connectivity index (χ4n) is 3.81. The second-order valence-corrected chi connectivity index (χ2v) is 7.15. The van der Waals surface area contributed by atoms with Gasteiger partial charge < -0.3 is 11.1 Å². The van der Waals surface area contributed by atoms with Crippen molar-refractivity contribution in [1.29, 1.82) is 0 Å². The van der Waals surface area contributed by atoms with Crippen molar-refractivity contribution in [2.75, 3.05) is 6.54 Å². The Hall–Kier alpha value is -0.0800. The lowest BCUT2D eigenvalue weighted by Gasteiger charge is -2.38. The van der Waals surface area contributed by atoms with Crippen molar-refractivity contribution in [3.63, 3.8) is 0 Å². The maximum atomic E-state index is 6.58. The van der Waals surface area contributed by atoms with Gasteiger partial charge in [-0.05, 0) is 56.3 Å². The van der Waals surface area contributed by atoms with Gasteiger partial charge in [-0.2, -0.15) is 0 Å². The van der Waals surface area contributed by atoms with E-state index in [1.165, 1.54) is 51.4 Å². The Kier molecular flexibility index (Phi) is 3.20. The molecule has 2 heteroatoms. The lowest BCUT2D eigenvalue weighted by molar-refractivity contribution is 0.217. The molecule has 0 radical (unpaired) electrons. The van der Waals surface area contributed by atoms with E-state index >= 15 is 0 Å². The number of hydrogen-bond donors (Lipinski definition) is 2. The Bertz CT molecular complexity index is 258. The minimum Gasteiger partial charge on any atom is -0.324 e. The van der Waals surface area contributed by atoms with Gasteiger partial charge in [0, 0.05) is 18.1 Å². The first-order chi connectivity index (χ1) is 8.16. The topological polar surface area (TPSA) is 38.0 Å². The van der Waals surface area contributed by atoms with Crippen LogP contribution in [0.25, 0.3) is 0 Å². The Labute approximate surface area is 106 Å². The van der Waals surface area contributed by atoms with E-state index in [0.29, 0.717) is 0 Å². The molecule has 3 fully saturated rings. The quantitative estimate of drug-likeness (QED) is 0.770. The molecule has 98 valence electrons. The summed E-state index contributed by atoms with van der Waals surface area (Å²) in [5, 5.41) is 3.85. The molecule has 0 aromatic heterocycles. The third kappa shape index (κ3) is 3.03. The van der Waals surface area contributed by atoms with Crippen LogP contribution in [0.2, 0.25) is 0 Å². The minimum atomic E-state index is 0.0969. The number of rotatable bonds is 5. The van der Waals surface area contributed by atoms with Gasteiger partial charge in [-0.25, -0.2) is 0 Å². The monoisotopic (exact) mass is 236 g/mol. The van der Waals surface area contributed by atoms with Gasteiger partial charge in [0.1, 0.15) is 0 Å². The second-order valence-electron chi connectivity index (χ2n) is 7.15. The average molecular weight is 236 g/mol. The molecule has 0 spiro atoms. The fourth-order valence-corrected chi connectivity index (χ4v) is 3.81. The van der Waals surface area contributed by atoms with Gasteiger partial charge in [0.15, 0.2) is 0 Å². The first-order valence-electron chi connectivity index (χ1n) is 7.69. The number of nitrogens with one attached hydrogen (secondary N) is 1. The van der Waals surface area contributed by atoms with Gasteiger partial charge in [-0.1, -0.05) is 19.8 Å². The van der Waals surface area contributed by atoms with Crippen molar-refractivity contribution in [3.8, 4) is 0 Å². The largest absolute Gasteiger partial charge is 0.324 e. The van der Waals surface area contributed by atoms with Crippen LogP contribution in [-0.2, 0) is 0 Å². The zero-order valence-corrected chi connectivity index (χ0v) is 11.3. The molecule has 0 bridgehead atoms. The van der Waals surface area contributed by atoms with Crippen LogP contribution in [0.15, 0.2) is 0 Å². The summed E-state index contributed by atoms with van der Waals surface area (Å²) in [5.74, 6) is 2.81. The molecule has 2 nitrogen and oxygen atoms in total. The van der Waals surface area contributed by atoms with E-state index < -0.39 is 0 Å². The smallest absolute Gasteiger partial charge is 0.0283 e. The fraction of sp³-hybridized carbons (Fsp3) is 1.00. The summed E-state index contributed by atoms with van der Waals surface area (Å²) in [7, 11) is 0. The molecule has 3 saturated carbocycles. The van der Waals surface area contributed by atoms with E-state index in [1.54, 1.807) is 0 Å². The molecule has 3 N–H and O–H groups in total. The second kappa shape index (κ2) is 4.55. The minimum absolute atomic E-state index is 0.0969. The van der Waals surface area contributed by atoms with Crippen LogP contribution in [0.4, 0.5) is 0 Å². The van der Waals surface area contributed by atoms with Crippen LogP contribution < -0.4 is 11.1 Å². The van der Waals surface area contributed by atoms with Crippen LogP contribution in [0.1, 0.15) is 58.3 Å². The molecule has 0 amide bonds. The van der Waals surface area contributed by atoms with Gasteiger partial charge in [-0.3, -0.25) is 0 Å². The zero-order valence-electron chi connectivity index (χ0n) is 11.3. The summed E-state index contributed by atoms with van der Waals surface area (Å²) in [6.07, 6.45) is 11.0. The normalized spacial score (nSPS) is 38.6. The van der Waals surface area contributed by atoms with Crippen LogP contribution in [-0.4, -0.2) is 18.1 Å². The summed E-state index contributed by atoms with van der Waals surface area (Å²) in [5.41, 5.74) is 6.67.